The topological polar surface area (TPSA) is 9.23 Å². The Balaban J connectivity index is 2.66. The van der Waals surface area contributed by atoms with Gasteiger partial charge in [0.2, 0.25) is 0 Å². The summed E-state index contributed by atoms with van der Waals surface area (Å²) in [6.45, 7) is 4.10. The average Bonchev–Trinajstić information content (AvgIpc) is 2.05. The van der Waals surface area contributed by atoms with Gasteiger partial charge in [0.15, 0.2) is 0 Å². The molecule has 1 aromatic rings. The molecule has 0 heterocycles. The number of hydrogen-bond donors (Lipinski definition) is 0. The van der Waals surface area contributed by atoms with Gasteiger partial charge < -0.3 is 0 Å². The fourth-order valence-electron chi connectivity index (χ4n) is 0.856. The molecule has 12 heavy (non-hydrogen) atoms. The van der Waals surface area contributed by atoms with E-state index in [4.69, 9.17) is 4.74 Å². The molecule has 0 amide bonds. The van der Waals surface area contributed by atoms with Crippen molar-refractivity contribution >= 4 is 4.08 Å². The fourth-order valence-corrected chi connectivity index (χ4v) is 2.04. The van der Waals surface area contributed by atoms with Crippen LogP contribution in [0.15, 0.2) is 30.3 Å². The molecular formula is C10H12OW. The summed E-state index contributed by atoms with van der Waals surface area (Å²) < 4.78 is 6.66. The molecule has 1 rings (SSSR count). The summed E-state index contributed by atoms with van der Waals surface area (Å²) in [4.78, 5) is 0. The molecule has 0 saturated heterocycles. The van der Waals surface area contributed by atoms with Crippen molar-refractivity contribution in [2.45, 2.75) is 20.0 Å². The molecule has 0 unspecified atom stereocenters. The van der Waals surface area contributed by atoms with Crippen LogP contribution in [0.4, 0.5) is 0 Å². The standard InChI is InChI=1S/C10H12O.W/c1-9(2)11-8-10-6-4-3-5-7-10;/h3-7,9H,1-2H3;. The van der Waals surface area contributed by atoms with Gasteiger partial charge in [-0.3, -0.25) is 0 Å². The SMILES string of the molecule is CC(C)O[C](=[W])c1ccccc1. The molecule has 0 radical (unpaired) electrons. The zero-order valence-corrected chi connectivity index (χ0v) is 10.2. The first-order valence-electron chi connectivity index (χ1n) is 3.96. The number of ether oxygens (including phenoxy) is 1. The van der Waals surface area contributed by atoms with E-state index in [9.17, 15) is 0 Å². The van der Waals surface area contributed by atoms with Crippen molar-refractivity contribution in [3.05, 3.63) is 35.9 Å². The van der Waals surface area contributed by atoms with Crippen LogP contribution in [0.1, 0.15) is 19.4 Å². The molecule has 0 N–H and O–H groups in total. The van der Waals surface area contributed by atoms with Crippen molar-refractivity contribution in [1.29, 1.82) is 0 Å². The van der Waals surface area contributed by atoms with Crippen molar-refractivity contribution in [1.82, 2.24) is 0 Å². The van der Waals surface area contributed by atoms with Crippen molar-refractivity contribution in [3.63, 3.8) is 0 Å². The first-order chi connectivity index (χ1) is 5.70. The van der Waals surface area contributed by atoms with Gasteiger partial charge in [0.25, 0.3) is 0 Å². The second-order valence-corrected chi connectivity index (χ2v) is 4.15. The predicted molar refractivity (Wildman–Crippen MR) is 46.8 cm³/mol. The first kappa shape index (κ1) is 9.82. The summed E-state index contributed by atoms with van der Waals surface area (Å²) in [5.74, 6) is 0. The van der Waals surface area contributed by atoms with Gasteiger partial charge in [0.05, 0.1) is 0 Å². The summed E-state index contributed by atoms with van der Waals surface area (Å²) >= 11 is 1.38. The molecule has 64 valence electrons. The predicted octanol–water partition coefficient (Wildman–Crippen LogP) is 2.14. The Bertz CT molecular complexity index is 254. The van der Waals surface area contributed by atoms with E-state index in [1.54, 1.807) is 0 Å². The third-order valence-corrected chi connectivity index (χ3v) is 2.54. The van der Waals surface area contributed by atoms with Crippen LogP contribution in [0, 0.1) is 0 Å². The fraction of sp³-hybridized carbons (Fsp3) is 0.300. The summed E-state index contributed by atoms with van der Waals surface area (Å²) in [7, 11) is 0. The molecule has 0 aliphatic heterocycles. The number of hydrogen-bond acceptors (Lipinski definition) is 1. The Morgan fingerprint density at radius 3 is 2.33 bits per heavy atom. The van der Waals surface area contributed by atoms with Crippen molar-refractivity contribution in [2.24, 2.45) is 0 Å². The van der Waals surface area contributed by atoms with Gasteiger partial charge >= 0.3 is 84.0 Å². The number of rotatable bonds is 3. The van der Waals surface area contributed by atoms with Gasteiger partial charge in [0.1, 0.15) is 0 Å². The molecule has 0 atom stereocenters. The molecule has 0 saturated carbocycles. The van der Waals surface area contributed by atoms with E-state index in [0.717, 1.165) is 4.08 Å². The van der Waals surface area contributed by atoms with Crippen LogP contribution in [-0.2, 0) is 24.1 Å². The Kier molecular flexibility index (Phi) is 3.84. The first-order valence-corrected chi connectivity index (χ1v) is 5.43. The zero-order chi connectivity index (χ0) is 8.97. The Hall–Kier alpha value is -0.262. The summed E-state index contributed by atoms with van der Waals surface area (Å²) in [6, 6.07) is 10.2. The van der Waals surface area contributed by atoms with E-state index in [0.29, 0.717) is 0 Å². The van der Waals surface area contributed by atoms with Crippen molar-refractivity contribution in [3.8, 4) is 0 Å². The van der Waals surface area contributed by atoms with Gasteiger partial charge in [-0.15, -0.1) is 0 Å². The maximum atomic E-state index is 5.59. The molecule has 0 aliphatic rings. The van der Waals surface area contributed by atoms with Crippen molar-refractivity contribution in [2.75, 3.05) is 0 Å². The zero-order valence-electron chi connectivity index (χ0n) is 7.28. The molecule has 2 heteroatoms. The van der Waals surface area contributed by atoms with Crippen LogP contribution in [0.3, 0.4) is 0 Å². The van der Waals surface area contributed by atoms with Gasteiger partial charge in [0, 0.05) is 0 Å². The monoisotopic (exact) mass is 332 g/mol. The molecular weight excluding hydrogens is 320 g/mol. The minimum absolute atomic E-state index is 0.276. The third kappa shape index (κ3) is 3.00. The summed E-state index contributed by atoms with van der Waals surface area (Å²) in [6.07, 6.45) is 0.276. The molecule has 0 spiro atoms. The van der Waals surface area contributed by atoms with Crippen LogP contribution < -0.4 is 0 Å². The normalized spacial score (nSPS) is 10.2. The van der Waals surface area contributed by atoms with E-state index in [-0.39, 0.29) is 6.10 Å². The quantitative estimate of drug-likeness (QED) is 0.824. The van der Waals surface area contributed by atoms with Gasteiger partial charge in [-0.05, 0) is 0 Å². The average molecular weight is 332 g/mol. The van der Waals surface area contributed by atoms with Crippen LogP contribution >= 0.6 is 0 Å². The van der Waals surface area contributed by atoms with Crippen LogP contribution in [0.5, 0.6) is 0 Å². The minimum atomic E-state index is 0.276. The van der Waals surface area contributed by atoms with Crippen LogP contribution in [-0.4, -0.2) is 10.2 Å². The molecule has 0 aromatic heterocycles. The van der Waals surface area contributed by atoms with Gasteiger partial charge in [-0.2, -0.15) is 0 Å². The third-order valence-electron chi connectivity index (χ3n) is 1.35. The van der Waals surface area contributed by atoms with E-state index < -0.39 is 0 Å². The van der Waals surface area contributed by atoms with E-state index in [2.05, 4.69) is 12.1 Å². The summed E-state index contributed by atoms with van der Waals surface area (Å²) in [5.41, 5.74) is 1.20. The Morgan fingerprint density at radius 2 is 1.83 bits per heavy atom. The Morgan fingerprint density at radius 1 is 1.25 bits per heavy atom. The van der Waals surface area contributed by atoms with E-state index in [1.165, 1.54) is 24.9 Å². The van der Waals surface area contributed by atoms with Crippen LogP contribution in [0.2, 0.25) is 0 Å². The molecule has 1 aromatic carbocycles. The summed E-state index contributed by atoms with van der Waals surface area (Å²) in [5, 5.41) is 0. The Labute approximate surface area is 84.2 Å². The molecule has 0 fully saturated rings. The molecule has 1 nitrogen and oxygen atoms in total. The van der Waals surface area contributed by atoms with Crippen molar-refractivity contribution < 1.29 is 24.1 Å². The van der Waals surface area contributed by atoms with E-state index >= 15 is 0 Å². The van der Waals surface area contributed by atoms with Gasteiger partial charge in [-0.1, -0.05) is 0 Å². The second-order valence-electron chi connectivity index (χ2n) is 2.82. The van der Waals surface area contributed by atoms with Gasteiger partial charge in [-0.25, -0.2) is 0 Å². The molecule has 0 aliphatic carbocycles. The molecule has 0 bridgehead atoms. The second kappa shape index (κ2) is 4.69. The maximum absolute atomic E-state index is 5.59. The van der Waals surface area contributed by atoms with Crippen LogP contribution in [0.25, 0.3) is 0 Å². The number of benzene rings is 1. The van der Waals surface area contributed by atoms with E-state index in [1.807, 2.05) is 32.0 Å².